The van der Waals surface area contributed by atoms with E-state index >= 15 is 0 Å². The number of aromatic nitrogens is 3. The van der Waals surface area contributed by atoms with Crippen LogP contribution < -0.4 is 16.0 Å². The fourth-order valence-corrected chi connectivity index (χ4v) is 3.50. The summed E-state index contributed by atoms with van der Waals surface area (Å²) in [4.78, 5) is 20.2. The van der Waals surface area contributed by atoms with E-state index in [-0.39, 0.29) is 17.8 Å². The fraction of sp³-hybridized carbons (Fsp3) is 0.120. The minimum atomic E-state index is -4.56. The van der Waals surface area contributed by atoms with Gasteiger partial charge in [-0.25, -0.2) is 4.98 Å². The van der Waals surface area contributed by atoms with E-state index in [4.69, 9.17) is 15.9 Å². The van der Waals surface area contributed by atoms with E-state index in [9.17, 15) is 18.0 Å². The summed E-state index contributed by atoms with van der Waals surface area (Å²) in [5.41, 5.74) is 7.81. The number of anilines is 1. The molecule has 0 radical (unpaired) electrons. The van der Waals surface area contributed by atoms with Crippen molar-refractivity contribution in [3.05, 3.63) is 106 Å². The second-order valence-electron chi connectivity index (χ2n) is 7.69. The molecule has 0 aliphatic rings. The number of benzene rings is 1. The number of nitrogen functional groups attached to an aromatic ring is 1. The van der Waals surface area contributed by atoms with Gasteiger partial charge in [-0.2, -0.15) is 13.2 Å². The van der Waals surface area contributed by atoms with Crippen molar-refractivity contribution >= 4 is 11.4 Å². The van der Waals surface area contributed by atoms with Crippen molar-refractivity contribution in [2.45, 2.75) is 12.7 Å². The summed E-state index contributed by atoms with van der Waals surface area (Å²) >= 11 is 0. The van der Waals surface area contributed by atoms with E-state index in [0.717, 1.165) is 12.3 Å². The zero-order valence-electron chi connectivity index (χ0n) is 18.5. The van der Waals surface area contributed by atoms with Crippen molar-refractivity contribution in [2.24, 2.45) is 0 Å². The van der Waals surface area contributed by atoms with E-state index in [2.05, 4.69) is 9.97 Å². The molecule has 4 aromatic rings. The van der Waals surface area contributed by atoms with Crippen molar-refractivity contribution in [2.75, 3.05) is 12.8 Å². The molecule has 0 aliphatic heterocycles. The molecule has 0 amide bonds. The molecule has 178 valence electrons. The van der Waals surface area contributed by atoms with E-state index < -0.39 is 11.9 Å². The highest BCUT2D eigenvalue weighted by molar-refractivity contribution is 6.14. The van der Waals surface area contributed by atoms with E-state index in [1.807, 2.05) is 0 Å². The molecule has 35 heavy (non-hydrogen) atoms. The van der Waals surface area contributed by atoms with E-state index in [0.29, 0.717) is 39.4 Å². The predicted octanol–water partition coefficient (Wildman–Crippen LogP) is 4.38. The Labute approximate surface area is 198 Å². The zero-order valence-corrected chi connectivity index (χ0v) is 18.5. The highest BCUT2D eigenvalue weighted by Crippen LogP contribution is 2.28. The number of methoxy groups -OCH3 is 1. The molecular formula is C25H20F3N5O2. The molecule has 0 saturated heterocycles. The normalized spacial score (nSPS) is 11.3. The number of nitrogens with one attached hydrogen (secondary N) is 1. The summed E-state index contributed by atoms with van der Waals surface area (Å²) < 4.78 is 45.1. The average molecular weight is 479 g/mol. The summed E-state index contributed by atoms with van der Waals surface area (Å²) in [6.07, 6.45) is -0.466. The molecule has 3 N–H and O–H groups in total. The Balaban J connectivity index is 1.61. The number of hydrogen-bond acceptors (Lipinski definition) is 6. The van der Waals surface area contributed by atoms with Crippen molar-refractivity contribution in [1.29, 1.82) is 5.41 Å². The molecule has 0 bridgehead atoms. The van der Waals surface area contributed by atoms with Crippen LogP contribution in [0, 0.1) is 5.41 Å². The number of alkyl halides is 3. The van der Waals surface area contributed by atoms with Crippen LogP contribution in [-0.2, 0) is 12.7 Å². The highest BCUT2D eigenvalue weighted by Gasteiger charge is 2.32. The molecule has 0 aliphatic carbocycles. The third-order valence-electron chi connectivity index (χ3n) is 5.35. The van der Waals surface area contributed by atoms with Gasteiger partial charge in [0.1, 0.15) is 5.69 Å². The van der Waals surface area contributed by atoms with Gasteiger partial charge < -0.3 is 15.0 Å². The molecule has 3 aromatic heterocycles. The first-order valence-electron chi connectivity index (χ1n) is 10.4. The number of ether oxygens (including phenoxy) is 1. The Morgan fingerprint density at radius 2 is 1.83 bits per heavy atom. The molecule has 0 saturated carbocycles. The predicted molar refractivity (Wildman–Crippen MR) is 126 cm³/mol. The van der Waals surface area contributed by atoms with Crippen LogP contribution in [0.3, 0.4) is 0 Å². The first-order valence-corrected chi connectivity index (χ1v) is 10.4. The summed E-state index contributed by atoms with van der Waals surface area (Å²) in [5.74, 6) is 0.422. The minimum absolute atomic E-state index is 0.0349. The lowest BCUT2D eigenvalue weighted by atomic mass is 9.97. The molecule has 4 rings (SSSR count). The molecule has 0 fully saturated rings. The lowest BCUT2D eigenvalue weighted by Gasteiger charge is -2.12. The number of hydrogen-bond donors (Lipinski definition) is 2. The van der Waals surface area contributed by atoms with Gasteiger partial charge in [-0.05, 0) is 53.1 Å². The van der Waals surface area contributed by atoms with E-state index in [1.165, 1.54) is 36.2 Å². The molecule has 0 atom stereocenters. The van der Waals surface area contributed by atoms with Crippen molar-refractivity contribution in [1.82, 2.24) is 14.5 Å². The minimum Gasteiger partial charge on any atom is -0.481 e. The fourth-order valence-electron chi connectivity index (χ4n) is 3.50. The third kappa shape index (κ3) is 5.21. The van der Waals surface area contributed by atoms with Crippen LogP contribution in [0.25, 0.3) is 11.1 Å². The van der Waals surface area contributed by atoms with Gasteiger partial charge in [0.25, 0.3) is 5.56 Å². The molecule has 1 aromatic carbocycles. The van der Waals surface area contributed by atoms with Crippen LogP contribution in [-0.4, -0.2) is 27.4 Å². The van der Waals surface area contributed by atoms with Gasteiger partial charge in [-0.3, -0.25) is 15.2 Å². The number of rotatable bonds is 6. The van der Waals surface area contributed by atoms with Gasteiger partial charge in [-0.1, -0.05) is 6.07 Å². The maximum absolute atomic E-state index is 12.9. The Hall–Kier alpha value is -4.47. The Kier molecular flexibility index (Phi) is 6.37. The van der Waals surface area contributed by atoms with Crippen LogP contribution in [0.5, 0.6) is 5.88 Å². The number of nitrogens with two attached hydrogens (primary N) is 1. The number of pyridine rings is 3. The summed E-state index contributed by atoms with van der Waals surface area (Å²) in [6, 6.07) is 13.9. The SMILES string of the molecule is COc1ccc(C(=N)c2cc(-c3ccn(Cc4ccnc(C(F)(F)F)c4)c(=O)c3)ccc2N)cn1. The van der Waals surface area contributed by atoms with Crippen molar-refractivity contribution < 1.29 is 17.9 Å². The zero-order chi connectivity index (χ0) is 25.2. The maximum Gasteiger partial charge on any atom is 0.433 e. The summed E-state index contributed by atoms with van der Waals surface area (Å²) in [7, 11) is 1.50. The second-order valence-corrected chi connectivity index (χ2v) is 7.69. The standard InChI is InChI=1S/C25H20F3N5O2/c1-35-22-5-3-18(13-32-22)24(30)19-11-16(2-4-20(19)29)17-7-9-33(23(34)12-17)14-15-6-8-31-21(10-15)25(26,27)28/h2-13,30H,14,29H2,1H3. The highest BCUT2D eigenvalue weighted by atomic mass is 19.4. The van der Waals surface area contributed by atoms with Crippen molar-refractivity contribution in [3.63, 3.8) is 0 Å². The van der Waals surface area contributed by atoms with Gasteiger partial charge in [0.15, 0.2) is 0 Å². The smallest absolute Gasteiger partial charge is 0.433 e. The largest absolute Gasteiger partial charge is 0.481 e. The quantitative estimate of drug-likeness (QED) is 0.315. The Morgan fingerprint density at radius 1 is 1.06 bits per heavy atom. The molecule has 0 spiro atoms. The Morgan fingerprint density at radius 3 is 2.49 bits per heavy atom. The van der Waals surface area contributed by atoms with Crippen LogP contribution in [0.2, 0.25) is 0 Å². The number of halogens is 3. The van der Waals surface area contributed by atoms with Crippen LogP contribution in [0.15, 0.2) is 78.0 Å². The van der Waals surface area contributed by atoms with Gasteiger partial charge in [0.05, 0.1) is 19.4 Å². The van der Waals surface area contributed by atoms with Gasteiger partial charge >= 0.3 is 6.18 Å². The second kappa shape index (κ2) is 9.41. The van der Waals surface area contributed by atoms with E-state index in [1.54, 1.807) is 36.4 Å². The first-order chi connectivity index (χ1) is 16.7. The van der Waals surface area contributed by atoms with Crippen LogP contribution in [0.1, 0.15) is 22.4 Å². The lowest BCUT2D eigenvalue weighted by Crippen LogP contribution is -2.19. The average Bonchev–Trinajstić information content (AvgIpc) is 2.85. The van der Waals surface area contributed by atoms with Gasteiger partial charge in [-0.15, -0.1) is 0 Å². The van der Waals surface area contributed by atoms with Gasteiger partial charge in [0, 0.05) is 47.5 Å². The molecule has 7 nitrogen and oxygen atoms in total. The maximum atomic E-state index is 12.9. The molecule has 3 heterocycles. The summed E-state index contributed by atoms with van der Waals surface area (Å²) in [6.45, 7) is -0.0349. The lowest BCUT2D eigenvalue weighted by molar-refractivity contribution is -0.141. The van der Waals surface area contributed by atoms with Gasteiger partial charge in [0.2, 0.25) is 5.88 Å². The molecule has 10 heteroatoms. The van der Waals surface area contributed by atoms with Crippen LogP contribution in [0.4, 0.5) is 18.9 Å². The molecular weight excluding hydrogens is 459 g/mol. The molecule has 0 unspecified atom stereocenters. The topological polar surface area (TPSA) is 107 Å². The monoisotopic (exact) mass is 479 g/mol. The third-order valence-corrected chi connectivity index (χ3v) is 5.35. The Bertz CT molecular complexity index is 1450. The first kappa shape index (κ1) is 23.7. The summed E-state index contributed by atoms with van der Waals surface area (Å²) in [5, 5.41) is 8.55. The number of nitrogens with zero attached hydrogens (tertiary/aromatic N) is 3. The van der Waals surface area contributed by atoms with Crippen molar-refractivity contribution in [3.8, 4) is 17.0 Å². The van der Waals surface area contributed by atoms with Crippen LogP contribution >= 0.6 is 0 Å².